The topological polar surface area (TPSA) is 49.9 Å². The Balaban J connectivity index is 2.24. The fourth-order valence-electron chi connectivity index (χ4n) is 2.08. The van der Waals surface area contributed by atoms with E-state index in [9.17, 15) is 22.8 Å². The number of hydrogen-bond donors (Lipinski definition) is 0. The number of anilines is 1. The third-order valence-electron chi connectivity index (χ3n) is 3.13. The number of rotatable bonds is 3. The van der Waals surface area contributed by atoms with Crippen LogP contribution in [-0.2, 0) is 15.7 Å². The van der Waals surface area contributed by atoms with E-state index in [0.717, 1.165) is 21.9 Å². The van der Waals surface area contributed by atoms with Gasteiger partial charge in [-0.25, -0.2) is 9.59 Å². The summed E-state index contributed by atoms with van der Waals surface area (Å²) in [5.74, 6) is -0.651. The summed E-state index contributed by atoms with van der Waals surface area (Å²) >= 11 is 0. The van der Waals surface area contributed by atoms with Gasteiger partial charge >= 0.3 is 18.2 Å². The molecule has 0 radical (unpaired) electrons. The number of carbonyl (C=O) groups is 2. The van der Waals surface area contributed by atoms with Gasteiger partial charge in [-0.15, -0.1) is 0 Å². The van der Waals surface area contributed by atoms with Gasteiger partial charge in [0.25, 0.3) is 0 Å². The molecule has 0 aromatic heterocycles. The lowest BCUT2D eigenvalue weighted by Gasteiger charge is -2.20. The molecular formula is C14H13F3N2O3. The second-order valence-corrected chi connectivity index (χ2v) is 4.48. The van der Waals surface area contributed by atoms with Crippen LogP contribution >= 0.6 is 0 Å². The fraction of sp³-hybridized carbons (Fsp3) is 0.286. The van der Waals surface area contributed by atoms with Crippen LogP contribution < -0.4 is 4.90 Å². The first-order valence-electron chi connectivity index (χ1n) is 6.35. The molecule has 0 bridgehead atoms. The number of urea groups is 1. The Labute approximate surface area is 124 Å². The van der Waals surface area contributed by atoms with Gasteiger partial charge in [-0.2, -0.15) is 13.2 Å². The lowest BCUT2D eigenvalue weighted by Crippen LogP contribution is -2.30. The zero-order valence-corrected chi connectivity index (χ0v) is 11.6. The van der Waals surface area contributed by atoms with Gasteiger partial charge in [-0.1, -0.05) is 12.1 Å². The number of carbonyl (C=O) groups excluding carboxylic acids is 2. The van der Waals surface area contributed by atoms with Crippen molar-refractivity contribution in [3.63, 3.8) is 0 Å². The summed E-state index contributed by atoms with van der Waals surface area (Å²) in [4.78, 5) is 25.4. The Morgan fingerprint density at radius 3 is 2.59 bits per heavy atom. The van der Waals surface area contributed by atoms with Crippen LogP contribution in [0.3, 0.4) is 0 Å². The molecule has 8 heteroatoms. The molecule has 1 aromatic carbocycles. The molecule has 2 amide bonds. The summed E-state index contributed by atoms with van der Waals surface area (Å²) in [6, 6.07) is 4.24. The Bertz CT molecular complexity index is 614. The first kappa shape index (κ1) is 15.9. The van der Waals surface area contributed by atoms with Crippen molar-refractivity contribution in [1.29, 1.82) is 0 Å². The van der Waals surface area contributed by atoms with Gasteiger partial charge in [0.2, 0.25) is 0 Å². The van der Waals surface area contributed by atoms with Crippen molar-refractivity contribution < 1.29 is 27.5 Å². The summed E-state index contributed by atoms with van der Waals surface area (Å²) < 4.78 is 43.4. The van der Waals surface area contributed by atoms with Gasteiger partial charge in [0.05, 0.1) is 18.4 Å². The second-order valence-electron chi connectivity index (χ2n) is 4.48. The lowest BCUT2D eigenvalue weighted by atomic mass is 10.1. The van der Waals surface area contributed by atoms with Crippen LogP contribution in [0.1, 0.15) is 5.56 Å². The Hall–Kier alpha value is -2.51. The van der Waals surface area contributed by atoms with Crippen molar-refractivity contribution in [2.24, 2.45) is 0 Å². The highest BCUT2D eigenvalue weighted by Crippen LogP contribution is 2.37. The van der Waals surface area contributed by atoms with Gasteiger partial charge in [-0.05, 0) is 12.1 Å². The zero-order valence-electron chi connectivity index (χ0n) is 11.6. The lowest BCUT2D eigenvalue weighted by molar-refractivity contribution is -0.137. The van der Waals surface area contributed by atoms with E-state index in [4.69, 9.17) is 0 Å². The molecule has 22 heavy (non-hydrogen) atoms. The summed E-state index contributed by atoms with van der Waals surface area (Å²) in [6.07, 6.45) is -2.31. The van der Waals surface area contributed by atoms with E-state index in [0.29, 0.717) is 0 Å². The van der Waals surface area contributed by atoms with Crippen LogP contribution in [-0.4, -0.2) is 37.1 Å². The number of amides is 2. The standard InChI is InChI=1S/C14H13F3N2O3/c1-22-12(20)6-7-18-8-9-19(13(18)21)11-5-3-2-4-10(11)14(15,16)17/h2-7H,8-9H2,1H3/b7-6+. The van der Waals surface area contributed by atoms with Gasteiger partial charge in [0.1, 0.15) is 0 Å². The molecule has 0 saturated carbocycles. The number of hydrogen-bond acceptors (Lipinski definition) is 3. The smallest absolute Gasteiger partial charge is 0.418 e. The van der Waals surface area contributed by atoms with Gasteiger partial charge in [0, 0.05) is 25.4 Å². The summed E-state index contributed by atoms with van der Waals surface area (Å²) in [5.41, 5.74) is -1.07. The average Bonchev–Trinajstić information content (AvgIpc) is 2.85. The molecule has 1 fully saturated rings. The Kier molecular flexibility index (Phi) is 4.39. The summed E-state index contributed by atoms with van der Waals surface area (Å²) in [7, 11) is 1.18. The SMILES string of the molecule is COC(=O)/C=C/N1CCN(c2ccccc2C(F)(F)F)C1=O. The number of esters is 1. The molecule has 1 aromatic rings. The minimum atomic E-state index is -4.55. The van der Waals surface area contributed by atoms with E-state index in [1.54, 1.807) is 0 Å². The number of para-hydroxylation sites is 1. The van der Waals surface area contributed by atoms with E-state index in [1.165, 1.54) is 31.5 Å². The van der Waals surface area contributed by atoms with Gasteiger partial charge in [-0.3, -0.25) is 9.80 Å². The van der Waals surface area contributed by atoms with Crippen molar-refractivity contribution in [1.82, 2.24) is 4.90 Å². The summed E-state index contributed by atoms with van der Waals surface area (Å²) in [6.45, 7) is 0.274. The molecule has 0 unspecified atom stereocenters. The quantitative estimate of drug-likeness (QED) is 0.636. The maximum atomic E-state index is 13.0. The van der Waals surface area contributed by atoms with Gasteiger partial charge in [0.15, 0.2) is 0 Å². The molecule has 1 saturated heterocycles. The number of halogens is 3. The number of nitrogens with zero attached hydrogens (tertiary/aromatic N) is 2. The fourth-order valence-corrected chi connectivity index (χ4v) is 2.08. The highest BCUT2D eigenvalue weighted by molar-refractivity contribution is 5.96. The molecule has 0 N–H and O–H groups in total. The number of alkyl halides is 3. The highest BCUT2D eigenvalue weighted by Gasteiger charge is 2.38. The minimum Gasteiger partial charge on any atom is -0.466 e. The molecule has 0 spiro atoms. The highest BCUT2D eigenvalue weighted by atomic mass is 19.4. The van der Waals surface area contributed by atoms with Crippen molar-refractivity contribution in [3.8, 4) is 0 Å². The number of benzene rings is 1. The third kappa shape index (κ3) is 3.21. The first-order chi connectivity index (χ1) is 10.3. The molecule has 1 aliphatic rings. The van der Waals surface area contributed by atoms with E-state index < -0.39 is 23.7 Å². The second kappa shape index (κ2) is 6.08. The molecule has 118 valence electrons. The van der Waals surface area contributed by atoms with Crippen molar-refractivity contribution in [3.05, 3.63) is 42.1 Å². The van der Waals surface area contributed by atoms with E-state index in [2.05, 4.69) is 4.74 Å². The van der Waals surface area contributed by atoms with E-state index in [1.807, 2.05) is 0 Å². The van der Waals surface area contributed by atoms with Crippen LogP contribution in [0.4, 0.5) is 23.7 Å². The van der Waals surface area contributed by atoms with Crippen LogP contribution in [0.25, 0.3) is 0 Å². The van der Waals surface area contributed by atoms with Crippen LogP contribution in [0.5, 0.6) is 0 Å². The van der Waals surface area contributed by atoms with E-state index in [-0.39, 0.29) is 18.8 Å². The maximum Gasteiger partial charge on any atom is 0.418 e. The monoisotopic (exact) mass is 314 g/mol. The normalized spacial score (nSPS) is 15.7. The van der Waals surface area contributed by atoms with Crippen LogP contribution in [0, 0.1) is 0 Å². The van der Waals surface area contributed by atoms with Crippen molar-refractivity contribution >= 4 is 17.7 Å². The van der Waals surface area contributed by atoms with Crippen molar-refractivity contribution in [2.45, 2.75) is 6.18 Å². The largest absolute Gasteiger partial charge is 0.466 e. The summed E-state index contributed by atoms with van der Waals surface area (Å²) in [5, 5.41) is 0. The first-order valence-corrected chi connectivity index (χ1v) is 6.35. The molecule has 5 nitrogen and oxygen atoms in total. The average molecular weight is 314 g/mol. The molecule has 0 atom stereocenters. The predicted molar refractivity (Wildman–Crippen MR) is 72.0 cm³/mol. The molecule has 1 heterocycles. The molecule has 1 aliphatic heterocycles. The number of methoxy groups -OCH3 is 1. The third-order valence-corrected chi connectivity index (χ3v) is 3.13. The molecule has 0 aliphatic carbocycles. The van der Waals surface area contributed by atoms with Gasteiger partial charge < -0.3 is 4.74 Å². The van der Waals surface area contributed by atoms with Crippen LogP contribution in [0.2, 0.25) is 0 Å². The predicted octanol–water partition coefficient (Wildman–Crippen LogP) is 2.63. The van der Waals surface area contributed by atoms with E-state index >= 15 is 0 Å². The number of ether oxygens (including phenoxy) is 1. The Morgan fingerprint density at radius 1 is 1.27 bits per heavy atom. The minimum absolute atomic E-state index is 0.0947. The molecule has 2 rings (SSSR count). The Morgan fingerprint density at radius 2 is 1.95 bits per heavy atom. The zero-order chi connectivity index (χ0) is 16.3. The molecular weight excluding hydrogens is 301 g/mol. The van der Waals surface area contributed by atoms with Crippen molar-refractivity contribution in [2.75, 3.05) is 25.1 Å². The van der Waals surface area contributed by atoms with Crippen LogP contribution in [0.15, 0.2) is 36.5 Å². The maximum absolute atomic E-state index is 13.0.